The molecule has 3 rings (SSSR count). The summed E-state index contributed by atoms with van der Waals surface area (Å²) in [6.07, 6.45) is 3.90. The lowest BCUT2D eigenvalue weighted by Crippen LogP contribution is -2.17. The molecule has 1 saturated carbocycles. The van der Waals surface area contributed by atoms with Crippen LogP contribution in [0.2, 0.25) is 0 Å². The Bertz CT molecular complexity index is 514. The molecule has 1 N–H and O–H groups in total. The van der Waals surface area contributed by atoms with E-state index in [1.54, 1.807) is 0 Å². The number of nitrogens with one attached hydrogen (secondary N) is 1. The molecule has 0 bridgehead atoms. The zero-order valence-electron chi connectivity index (χ0n) is 8.79. The number of nitrogens with zero attached hydrogens (tertiary/aromatic N) is 2. The lowest BCUT2D eigenvalue weighted by molar-refractivity contribution is 0.566. The van der Waals surface area contributed by atoms with E-state index in [1.807, 2.05) is 6.92 Å². The zero-order chi connectivity index (χ0) is 10.5. The Balaban J connectivity index is 2.08. The SMILES string of the molecule is Cc1[c]c2c(NC3(C)CC3)ncnc2o1. The Morgan fingerprint density at radius 2 is 2.27 bits per heavy atom. The average molecular weight is 202 g/mol. The largest absolute Gasteiger partial charge is 0.442 e. The molecule has 1 fully saturated rings. The van der Waals surface area contributed by atoms with E-state index in [-0.39, 0.29) is 5.54 Å². The third-order valence-corrected chi connectivity index (χ3v) is 2.78. The van der Waals surface area contributed by atoms with Gasteiger partial charge in [0.25, 0.3) is 0 Å². The minimum Gasteiger partial charge on any atom is -0.442 e. The van der Waals surface area contributed by atoms with Gasteiger partial charge in [0.2, 0.25) is 5.71 Å². The van der Waals surface area contributed by atoms with Crippen LogP contribution < -0.4 is 5.32 Å². The fourth-order valence-electron chi connectivity index (χ4n) is 1.60. The van der Waals surface area contributed by atoms with Gasteiger partial charge in [-0.1, -0.05) is 0 Å². The minimum atomic E-state index is 0.209. The number of aromatic nitrogens is 2. The van der Waals surface area contributed by atoms with Gasteiger partial charge in [0.1, 0.15) is 17.9 Å². The lowest BCUT2D eigenvalue weighted by atomic mass is 10.3. The van der Waals surface area contributed by atoms with Crippen LogP contribution in [0.15, 0.2) is 10.7 Å². The van der Waals surface area contributed by atoms with Crippen molar-refractivity contribution < 1.29 is 4.42 Å². The number of rotatable bonds is 2. The van der Waals surface area contributed by atoms with Gasteiger partial charge < -0.3 is 9.73 Å². The molecule has 1 radical (unpaired) electrons. The molecule has 2 aromatic rings. The minimum absolute atomic E-state index is 0.209. The molecule has 2 aromatic heterocycles. The van der Waals surface area contributed by atoms with Crippen molar-refractivity contribution in [3.8, 4) is 0 Å². The fourth-order valence-corrected chi connectivity index (χ4v) is 1.60. The summed E-state index contributed by atoms with van der Waals surface area (Å²) in [6.45, 7) is 4.05. The molecule has 77 valence electrons. The van der Waals surface area contributed by atoms with Gasteiger partial charge in [0, 0.05) is 11.6 Å². The molecular weight excluding hydrogens is 190 g/mol. The van der Waals surface area contributed by atoms with Gasteiger partial charge >= 0.3 is 0 Å². The van der Waals surface area contributed by atoms with Crippen molar-refractivity contribution in [2.24, 2.45) is 0 Å². The molecule has 4 heteroatoms. The predicted molar refractivity (Wildman–Crippen MR) is 56.6 cm³/mol. The first kappa shape index (κ1) is 8.71. The van der Waals surface area contributed by atoms with Gasteiger partial charge in [-0.05, 0) is 26.7 Å². The molecule has 0 saturated heterocycles. The first-order valence-corrected chi connectivity index (χ1v) is 5.08. The molecule has 1 aliphatic rings. The van der Waals surface area contributed by atoms with Crippen molar-refractivity contribution in [2.45, 2.75) is 32.2 Å². The van der Waals surface area contributed by atoms with Crippen molar-refractivity contribution in [1.82, 2.24) is 9.97 Å². The number of aryl methyl sites for hydroxylation is 1. The topological polar surface area (TPSA) is 51.0 Å². The van der Waals surface area contributed by atoms with Crippen LogP contribution in [0.3, 0.4) is 0 Å². The molecule has 0 aliphatic heterocycles. The van der Waals surface area contributed by atoms with Crippen molar-refractivity contribution in [3.63, 3.8) is 0 Å². The number of hydrogen-bond donors (Lipinski definition) is 1. The molecule has 0 atom stereocenters. The van der Waals surface area contributed by atoms with E-state index in [2.05, 4.69) is 28.3 Å². The first-order valence-electron chi connectivity index (χ1n) is 5.08. The van der Waals surface area contributed by atoms with Crippen molar-refractivity contribution in [2.75, 3.05) is 5.32 Å². The summed E-state index contributed by atoms with van der Waals surface area (Å²) < 4.78 is 5.40. The number of furan rings is 1. The summed E-state index contributed by atoms with van der Waals surface area (Å²) in [4.78, 5) is 8.30. The summed E-state index contributed by atoms with van der Waals surface area (Å²) in [5.74, 6) is 1.58. The Labute approximate surface area is 87.7 Å². The Kier molecular flexibility index (Phi) is 1.58. The Morgan fingerprint density at radius 3 is 3.00 bits per heavy atom. The van der Waals surface area contributed by atoms with Gasteiger partial charge in [0.15, 0.2) is 0 Å². The van der Waals surface area contributed by atoms with Crippen LogP contribution in [0, 0.1) is 13.0 Å². The smallest absolute Gasteiger partial charge is 0.232 e. The van der Waals surface area contributed by atoms with Gasteiger partial charge in [-0.3, -0.25) is 0 Å². The van der Waals surface area contributed by atoms with E-state index < -0.39 is 0 Å². The first-order chi connectivity index (χ1) is 7.16. The zero-order valence-corrected chi connectivity index (χ0v) is 8.79. The lowest BCUT2D eigenvalue weighted by Gasteiger charge is -2.11. The molecule has 0 amide bonds. The highest BCUT2D eigenvalue weighted by Crippen LogP contribution is 2.39. The van der Waals surface area contributed by atoms with E-state index in [0.29, 0.717) is 5.71 Å². The second kappa shape index (κ2) is 2.72. The van der Waals surface area contributed by atoms with Crippen LogP contribution in [0.5, 0.6) is 0 Å². The monoisotopic (exact) mass is 202 g/mol. The van der Waals surface area contributed by atoms with Crippen LogP contribution in [-0.4, -0.2) is 15.5 Å². The maximum Gasteiger partial charge on any atom is 0.232 e. The third-order valence-electron chi connectivity index (χ3n) is 2.78. The highest BCUT2D eigenvalue weighted by Gasteiger charge is 2.37. The number of hydrogen-bond acceptors (Lipinski definition) is 4. The molecule has 2 heterocycles. The van der Waals surface area contributed by atoms with Gasteiger partial charge in [-0.2, -0.15) is 0 Å². The highest BCUT2D eigenvalue weighted by atomic mass is 16.3. The van der Waals surface area contributed by atoms with Gasteiger partial charge in [0.05, 0.1) is 5.39 Å². The Morgan fingerprint density at radius 1 is 1.47 bits per heavy atom. The predicted octanol–water partition coefficient (Wildman–Crippen LogP) is 2.30. The van der Waals surface area contributed by atoms with E-state index in [0.717, 1.165) is 17.0 Å². The highest BCUT2D eigenvalue weighted by molar-refractivity contribution is 5.85. The molecule has 1 aliphatic carbocycles. The van der Waals surface area contributed by atoms with E-state index in [9.17, 15) is 0 Å². The van der Waals surface area contributed by atoms with Crippen molar-refractivity contribution in [3.05, 3.63) is 18.2 Å². The molecular formula is C11H12N3O. The molecule has 15 heavy (non-hydrogen) atoms. The van der Waals surface area contributed by atoms with Gasteiger partial charge in [-0.15, -0.1) is 0 Å². The summed E-state index contributed by atoms with van der Waals surface area (Å²) >= 11 is 0. The summed E-state index contributed by atoms with van der Waals surface area (Å²) in [7, 11) is 0. The normalized spacial score (nSPS) is 18.0. The van der Waals surface area contributed by atoms with Crippen LogP contribution in [-0.2, 0) is 0 Å². The van der Waals surface area contributed by atoms with Crippen LogP contribution in [0.1, 0.15) is 25.5 Å². The van der Waals surface area contributed by atoms with E-state index in [4.69, 9.17) is 4.42 Å². The molecule has 0 unspecified atom stereocenters. The summed E-state index contributed by atoms with van der Waals surface area (Å²) in [5.41, 5.74) is 0.814. The van der Waals surface area contributed by atoms with Crippen molar-refractivity contribution >= 4 is 16.9 Å². The second-order valence-electron chi connectivity index (χ2n) is 4.37. The quantitative estimate of drug-likeness (QED) is 0.811. The molecule has 4 nitrogen and oxygen atoms in total. The van der Waals surface area contributed by atoms with Crippen molar-refractivity contribution in [1.29, 1.82) is 0 Å². The van der Waals surface area contributed by atoms with Gasteiger partial charge in [-0.25, -0.2) is 9.97 Å². The molecule has 0 spiro atoms. The number of fused-ring (bicyclic) bond motifs is 1. The molecule has 0 aromatic carbocycles. The summed E-state index contributed by atoms with van der Waals surface area (Å²) in [5, 5.41) is 4.26. The third kappa shape index (κ3) is 1.46. The second-order valence-corrected chi connectivity index (χ2v) is 4.37. The standard InChI is InChI=1S/C11H12N3O/c1-7-5-8-9(14-11(2)3-4-11)12-6-13-10(8)15-7/h6H,3-4H2,1-2H3,(H,12,13,14). The van der Waals surface area contributed by atoms with Crippen LogP contribution in [0.25, 0.3) is 11.1 Å². The number of anilines is 1. The van der Waals surface area contributed by atoms with Crippen LogP contribution >= 0.6 is 0 Å². The average Bonchev–Trinajstić information content (AvgIpc) is 2.76. The maximum atomic E-state index is 5.40. The summed E-state index contributed by atoms with van der Waals surface area (Å²) in [6, 6.07) is 3.12. The van der Waals surface area contributed by atoms with E-state index >= 15 is 0 Å². The Hall–Kier alpha value is -1.58. The maximum absolute atomic E-state index is 5.40. The van der Waals surface area contributed by atoms with Crippen LogP contribution in [0.4, 0.5) is 5.82 Å². The fraction of sp³-hybridized carbons (Fsp3) is 0.455. The van der Waals surface area contributed by atoms with E-state index in [1.165, 1.54) is 19.2 Å².